The number of thiazole rings is 1. The summed E-state index contributed by atoms with van der Waals surface area (Å²) < 4.78 is 3.16. The first-order valence-corrected chi connectivity index (χ1v) is 7.84. The molecule has 0 aliphatic heterocycles. The molecule has 0 saturated carbocycles. The number of amides is 1. The average molecular weight is 350 g/mol. The largest absolute Gasteiger partial charge is 0.347 e. The van der Waals surface area contributed by atoms with Crippen molar-refractivity contribution in [3.05, 3.63) is 46.5 Å². The second-order valence-corrected chi connectivity index (χ2v) is 6.07. The van der Waals surface area contributed by atoms with E-state index >= 15 is 0 Å². The van der Waals surface area contributed by atoms with E-state index in [-0.39, 0.29) is 5.91 Å². The van der Waals surface area contributed by atoms with Crippen LogP contribution in [0.25, 0.3) is 10.9 Å². The lowest BCUT2D eigenvalue weighted by molar-refractivity contribution is -0.116. The van der Waals surface area contributed by atoms with Gasteiger partial charge in [-0.3, -0.25) is 4.79 Å². The number of carbonyl (C=O) groups excluding carboxylic acids is 1. The van der Waals surface area contributed by atoms with Gasteiger partial charge >= 0.3 is 0 Å². The van der Waals surface area contributed by atoms with Crippen LogP contribution in [-0.4, -0.2) is 15.5 Å². The van der Waals surface area contributed by atoms with Crippen LogP contribution in [0.4, 0.5) is 5.13 Å². The van der Waals surface area contributed by atoms with E-state index in [0.717, 1.165) is 15.4 Å². The SMILES string of the molecule is O=C(CCn1ccc2c(Br)cccc21)Nc1nccs1. The third-order valence-corrected chi connectivity index (χ3v) is 4.40. The van der Waals surface area contributed by atoms with Crippen molar-refractivity contribution in [1.29, 1.82) is 0 Å². The van der Waals surface area contributed by atoms with Gasteiger partial charge in [0.25, 0.3) is 0 Å². The molecule has 1 aromatic carbocycles. The van der Waals surface area contributed by atoms with E-state index in [9.17, 15) is 4.79 Å². The van der Waals surface area contributed by atoms with Crippen LogP contribution in [0.5, 0.6) is 0 Å². The number of rotatable bonds is 4. The van der Waals surface area contributed by atoms with Crippen LogP contribution in [0.1, 0.15) is 6.42 Å². The molecule has 4 nitrogen and oxygen atoms in total. The molecule has 0 spiro atoms. The molecule has 0 aliphatic rings. The molecule has 3 rings (SSSR count). The Labute approximate surface area is 128 Å². The van der Waals surface area contributed by atoms with Crippen molar-refractivity contribution in [3.63, 3.8) is 0 Å². The minimum absolute atomic E-state index is 0.0169. The van der Waals surface area contributed by atoms with Crippen molar-refractivity contribution >= 4 is 49.2 Å². The van der Waals surface area contributed by atoms with Gasteiger partial charge in [0.1, 0.15) is 0 Å². The minimum atomic E-state index is -0.0169. The van der Waals surface area contributed by atoms with E-state index in [0.29, 0.717) is 18.1 Å². The molecule has 0 bridgehead atoms. The first kappa shape index (κ1) is 13.3. The van der Waals surface area contributed by atoms with Crippen molar-refractivity contribution in [1.82, 2.24) is 9.55 Å². The summed E-state index contributed by atoms with van der Waals surface area (Å²) in [6.45, 7) is 0.650. The predicted octanol–water partition coefficient (Wildman–Crippen LogP) is 3.89. The lowest BCUT2D eigenvalue weighted by atomic mass is 10.2. The van der Waals surface area contributed by atoms with Crippen molar-refractivity contribution in [2.45, 2.75) is 13.0 Å². The summed E-state index contributed by atoms with van der Waals surface area (Å²) in [5.41, 5.74) is 1.13. The van der Waals surface area contributed by atoms with Crippen LogP contribution in [0.2, 0.25) is 0 Å². The Kier molecular flexibility index (Phi) is 3.84. The highest BCUT2D eigenvalue weighted by Crippen LogP contribution is 2.24. The van der Waals surface area contributed by atoms with E-state index < -0.39 is 0 Å². The van der Waals surface area contributed by atoms with Crippen molar-refractivity contribution in [2.75, 3.05) is 5.32 Å². The molecular formula is C14H12BrN3OS. The molecule has 0 radical (unpaired) electrons. The smallest absolute Gasteiger partial charge is 0.227 e. The fourth-order valence-corrected chi connectivity index (χ4v) is 3.10. The Balaban J connectivity index is 1.68. The number of anilines is 1. The quantitative estimate of drug-likeness (QED) is 0.776. The molecule has 6 heteroatoms. The number of aromatic nitrogens is 2. The van der Waals surface area contributed by atoms with Crippen LogP contribution in [-0.2, 0) is 11.3 Å². The summed E-state index contributed by atoms with van der Waals surface area (Å²) in [5.74, 6) is -0.0169. The Morgan fingerprint density at radius 1 is 1.40 bits per heavy atom. The lowest BCUT2D eigenvalue weighted by Crippen LogP contribution is -2.13. The highest BCUT2D eigenvalue weighted by Gasteiger charge is 2.07. The number of nitrogens with one attached hydrogen (secondary N) is 1. The van der Waals surface area contributed by atoms with Gasteiger partial charge in [-0.05, 0) is 18.2 Å². The van der Waals surface area contributed by atoms with Crippen LogP contribution >= 0.6 is 27.3 Å². The molecule has 0 unspecified atom stereocenters. The average Bonchev–Trinajstić information content (AvgIpc) is 3.06. The van der Waals surface area contributed by atoms with Gasteiger partial charge in [0.05, 0.1) is 0 Å². The second-order valence-electron chi connectivity index (χ2n) is 4.32. The molecule has 0 atom stereocenters. The Hall–Kier alpha value is -1.66. The fourth-order valence-electron chi connectivity index (χ4n) is 2.07. The number of fused-ring (bicyclic) bond motifs is 1. The number of halogens is 1. The fraction of sp³-hybridized carbons (Fsp3) is 0.143. The summed E-state index contributed by atoms with van der Waals surface area (Å²) in [6.07, 6.45) is 4.11. The van der Waals surface area contributed by atoms with Crippen molar-refractivity contribution < 1.29 is 4.79 Å². The molecule has 2 heterocycles. The maximum absolute atomic E-state index is 11.8. The third-order valence-electron chi connectivity index (χ3n) is 3.02. The molecule has 20 heavy (non-hydrogen) atoms. The zero-order chi connectivity index (χ0) is 13.9. The zero-order valence-corrected chi connectivity index (χ0v) is 12.9. The summed E-state index contributed by atoms with van der Waals surface area (Å²) in [4.78, 5) is 15.9. The molecule has 2 aromatic heterocycles. The molecular weight excluding hydrogens is 338 g/mol. The second kappa shape index (κ2) is 5.76. The molecule has 0 saturated heterocycles. The highest BCUT2D eigenvalue weighted by molar-refractivity contribution is 9.10. The summed E-state index contributed by atoms with van der Waals surface area (Å²) in [6, 6.07) is 8.12. The topological polar surface area (TPSA) is 46.9 Å². The van der Waals surface area contributed by atoms with Crippen molar-refractivity contribution in [3.8, 4) is 0 Å². The molecule has 0 fully saturated rings. The first-order valence-electron chi connectivity index (χ1n) is 6.17. The number of aryl methyl sites for hydroxylation is 1. The van der Waals surface area contributed by atoms with Gasteiger partial charge in [-0.2, -0.15) is 0 Å². The molecule has 0 aliphatic carbocycles. The zero-order valence-electron chi connectivity index (χ0n) is 10.5. The van der Waals surface area contributed by atoms with E-state index in [4.69, 9.17) is 0 Å². The maximum Gasteiger partial charge on any atom is 0.227 e. The minimum Gasteiger partial charge on any atom is -0.347 e. The van der Waals surface area contributed by atoms with E-state index in [1.165, 1.54) is 11.3 Å². The first-order chi connectivity index (χ1) is 9.74. The van der Waals surface area contributed by atoms with Gasteiger partial charge in [-0.1, -0.05) is 22.0 Å². The van der Waals surface area contributed by atoms with E-state index in [1.807, 2.05) is 23.7 Å². The Morgan fingerprint density at radius 2 is 2.30 bits per heavy atom. The molecule has 1 N–H and O–H groups in total. The summed E-state index contributed by atoms with van der Waals surface area (Å²) in [7, 11) is 0. The standard InChI is InChI=1S/C14H12BrN3OS/c15-11-2-1-3-12-10(11)4-7-18(12)8-5-13(19)17-14-16-6-9-20-14/h1-4,6-7,9H,5,8H2,(H,16,17,19). The van der Waals surface area contributed by atoms with Gasteiger partial charge in [-0.15, -0.1) is 11.3 Å². The lowest BCUT2D eigenvalue weighted by Gasteiger charge is -2.05. The predicted molar refractivity (Wildman–Crippen MR) is 85.0 cm³/mol. The summed E-state index contributed by atoms with van der Waals surface area (Å²) >= 11 is 4.95. The van der Waals surface area contributed by atoms with Gasteiger partial charge in [0.2, 0.25) is 5.91 Å². The van der Waals surface area contributed by atoms with Crippen LogP contribution in [0, 0.1) is 0 Å². The normalized spacial score (nSPS) is 10.8. The molecule has 102 valence electrons. The monoisotopic (exact) mass is 349 g/mol. The van der Waals surface area contributed by atoms with Crippen LogP contribution in [0.3, 0.4) is 0 Å². The van der Waals surface area contributed by atoms with Gasteiger partial charge in [-0.25, -0.2) is 4.98 Å². The third kappa shape index (κ3) is 2.76. The van der Waals surface area contributed by atoms with Gasteiger partial charge < -0.3 is 9.88 Å². The highest BCUT2D eigenvalue weighted by atomic mass is 79.9. The summed E-state index contributed by atoms with van der Waals surface area (Å²) in [5, 5.41) is 6.44. The van der Waals surface area contributed by atoms with Gasteiger partial charge in [0.15, 0.2) is 5.13 Å². The number of benzene rings is 1. The van der Waals surface area contributed by atoms with Crippen molar-refractivity contribution in [2.24, 2.45) is 0 Å². The number of carbonyl (C=O) groups is 1. The van der Waals surface area contributed by atoms with Crippen LogP contribution < -0.4 is 5.32 Å². The van der Waals surface area contributed by atoms with E-state index in [1.54, 1.807) is 6.20 Å². The van der Waals surface area contributed by atoms with E-state index in [2.05, 4.69) is 42.9 Å². The Morgan fingerprint density at radius 3 is 3.10 bits per heavy atom. The maximum atomic E-state index is 11.8. The number of hydrogen-bond donors (Lipinski definition) is 1. The molecule has 3 aromatic rings. The number of nitrogens with zero attached hydrogens (tertiary/aromatic N) is 2. The molecule has 1 amide bonds. The Bertz CT molecular complexity index is 736. The number of hydrogen-bond acceptors (Lipinski definition) is 3. The van der Waals surface area contributed by atoms with Crippen LogP contribution in [0.15, 0.2) is 46.5 Å². The van der Waals surface area contributed by atoms with Gasteiger partial charge in [0, 0.05) is 46.1 Å².